The second-order valence-electron chi connectivity index (χ2n) is 9.14. The van der Waals surface area contributed by atoms with Crippen molar-refractivity contribution in [2.24, 2.45) is 11.8 Å². The highest BCUT2D eigenvalue weighted by molar-refractivity contribution is 5.88. The normalized spacial score (nSPS) is 31.0. The molecule has 3 nitrogen and oxygen atoms in total. The second kappa shape index (κ2) is 6.99. The minimum absolute atomic E-state index is 0.469. The summed E-state index contributed by atoms with van der Waals surface area (Å²) in [6.07, 6.45) is 11.7. The van der Waals surface area contributed by atoms with E-state index >= 15 is 0 Å². The third-order valence-electron chi connectivity index (χ3n) is 7.04. The molecular weight excluding hydrogens is 324 g/mol. The number of rotatable bonds is 5. The molecule has 2 saturated carbocycles. The van der Waals surface area contributed by atoms with Gasteiger partial charge in [-0.25, -0.2) is 4.79 Å². The molecule has 0 heterocycles. The Bertz CT molecular complexity index is 691. The molecular formula is C23H32O3. The van der Waals surface area contributed by atoms with Crippen LogP contribution in [0, 0.1) is 11.8 Å². The number of benzene rings is 1. The maximum absolute atomic E-state index is 11.6. The monoisotopic (exact) mass is 356 g/mol. The van der Waals surface area contributed by atoms with Crippen LogP contribution in [0.25, 0.3) is 0 Å². The smallest absolute Gasteiger partial charge is 0.335 e. The van der Waals surface area contributed by atoms with Crippen molar-refractivity contribution in [3.63, 3.8) is 0 Å². The molecule has 142 valence electrons. The van der Waals surface area contributed by atoms with Gasteiger partial charge < -0.3 is 10.2 Å². The maximum Gasteiger partial charge on any atom is 0.335 e. The Balaban J connectivity index is 1.71. The van der Waals surface area contributed by atoms with Crippen molar-refractivity contribution in [1.82, 2.24) is 0 Å². The zero-order valence-electron chi connectivity index (χ0n) is 16.0. The van der Waals surface area contributed by atoms with Gasteiger partial charge in [-0.3, -0.25) is 0 Å². The first kappa shape index (κ1) is 18.0. The van der Waals surface area contributed by atoms with E-state index in [-0.39, 0.29) is 0 Å². The third kappa shape index (κ3) is 3.55. The van der Waals surface area contributed by atoms with Gasteiger partial charge in [-0.15, -0.1) is 0 Å². The summed E-state index contributed by atoms with van der Waals surface area (Å²) in [4.78, 5) is 11.6. The number of aromatic carboxylic acids is 1. The van der Waals surface area contributed by atoms with E-state index in [1.54, 1.807) is 0 Å². The van der Waals surface area contributed by atoms with Crippen molar-refractivity contribution < 1.29 is 15.0 Å². The van der Waals surface area contributed by atoms with Crippen LogP contribution in [0.1, 0.15) is 97.7 Å². The van der Waals surface area contributed by atoms with Crippen molar-refractivity contribution in [2.45, 2.75) is 89.1 Å². The van der Waals surface area contributed by atoms with Gasteiger partial charge in [-0.2, -0.15) is 0 Å². The molecule has 0 radical (unpaired) electrons. The van der Waals surface area contributed by atoms with E-state index in [4.69, 9.17) is 0 Å². The molecule has 1 aromatic carbocycles. The predicted octanol–water partition coefficient (Wildman–Crippen LogP) is 5.09. The number of carboxylic acid groups (broad SMARTS) is 1. The predicted molar refractivity (Wildman–Crippen MR) is 103 cm³/mol. The Morgan fingerprint density at radius 3 is 2.73 bits per heavy atom. The van der Waals surface area contributed by atoms with Gasteiger partial charge in [0.1, 0.15) is 0 Å². The highest BCUT2D eigenvalue weighted by Crippen LogP contribution is 2.50. The molecule has 0 aliphatic heterocycles. The highest BCUT2D eigenvalue weighted by Gasteiger charge is 2.42. The highest BCUT2D eigenvalue weighted by atomic mass is 16.4. The Morgan fingerprint density at radius 1 is 1.23 bits per heavy atom. The lowest BCUT2D eigenvalue weighted by Gasteiger charge is -2.42. The molecule has 0 saturated heterocycles. The molecule has 0 bridgehead atoms. The van der Waals surface area contributed by atoms with E-state index in [2.05, 4.69) is 6.92 Å². The number of aliphatic hydroxyl groups is 1. The molecule has 3 atom stereocenters. The van der Waals surface area contributed by atoms with Crippen molar-refractivity contribution in [2.75, 3.05) is 0 Å². The fourth-order valence-corrected chi connectivity index (χ4v) is 5.71. The van der Waals surface area contributed by atoms with Crippen LogP contribution < -0.4 is 0 Å². The molecule has 3 unspecified atom stereocenters. The van der Waals surface area contributed by atoms with E-state index in [0.717, 1.165) is 63.7 Å². The summed E-state index contributed by atoms with van der Waals surface area (Å²) in [5.74, 6) is 1.02. The Labute approximate surface area is 156 Å². The summed E-state index contributed by atoms with van der Waals surface area (Å²) in [7, 11) is 0. The van der Waals surface area contributed by atoms with Crippen molar-refractivity contribution >= 4 is 5.97 Å². The lowest BCUT2D eigenvalue weighted by Crippen LogP contribution is -2.38. The molecule has 1 aromatic rings. The fraction of sp³-hybridized carbons (Fsp3) is 0.696. The van der Waals surface area contributed by atoms with Crippen LogP contribution in [0.15, 0.2) is 12.1 Å². The number of hydrogen-bond acceptors (Lipinski definition) is 2. The van der Waals surface area contributed by atoms with E-state index in [0.29, 0.717) is 17.4 Å². The van der Waals surface area contributed by atoms with Crippen LogP contribution in [0.3, 0.4) is 0 Å². The van der Waals surface area contributed by atoms with Crippen LogP contribution in [0.5, 0.6) is 0 Å². The number of fused-ring (bicyclic) bond motifs is 3. The van der Waals surface area contributed by atoms with Crippen LogP contribution in [0.4, 0.5) is 0 Å². The number of hydrogen-bond donors (Lipinski definition) is 2. The van der Waals surface area contributed by atoms with Gasteiger partial charge >= 0.3 is 5.97 Å². The lowest BCUT2D eigenvalue weighted by atomic mass is 9.66. The molecule has 3 aliphatic carbocycles. The van der Waals surface area contributed by atoms with Gasteiger partial charge in [0.2, 0.25) is 0 Å². The van der Waals surface area contributed by atoms with Gasteiger partial charge in [0, 0.05) is 0 Å². The molecule has 0 amide bonds. The Morgan fingerprint density at radius 2 is 2.04 bits per heavy atom. The Kier molecular flexibility index (Phi) is 4.85. The summed E-state index contributed by atoms with van der Waals surface area (Å²) < 4.78 is 0. The van der Waals surface area contributed by atoms with Gasteiger partial charge in [-0.05, 0) is 111 Å². The van der Waals surface area contributed by atoms with Gasteiger partial charge in [-0.1, -0.05) is 13.3 Å². The van der Waals surface area contributed by atoms with Crippen molar-refractivity contribution in [3.05, 3.63) is 34.4 Å². The average molecular weight is 357 g/mol. The van der Waals surface area contributed by atoms with Gasteiger partial charge in [0.05, 0.1) is 11.2 Å². The van der Waals surface area contributed by atoms with E-state index in [1.165, 1.54) is 29.5 Å². The second-order valence-corrected chi connectivity index (χ2v) is 9.14. The van der Waals surface area contributed by atoms with Crippen LogP contribution in [0.2, 0.25) is 0 Å². The van der Waals surface area contributed by atoms with Crippen molar-refractivity contribution in [3.8, 4) is 0 Å². The molecule has 3 heteroatoms. The number of carbonyl (C=O) groups is 1. The van der Waals surface area contributed by atoms with E-state index < -0.39 is 11.6 Å². The van der Waals surface area contributed by atoms with Gasteiger partial charge in [0.15, 0.2) is 0 Å². The summed E-state index contributed by atoms with van der Waals surface area (Å²) in [6.45, 7) is 2.16. The maximum atomic E-state index is 11.6. The van der Waals surface area contributed by atoms with Crippen LogP contribution in [-0.4, -0.2) is 21.8 Å². The standard InChI is InChI=1S/C23H32O3/c1-2-9-23(26)10-8-20-17(14-23)5-3-4-16-12-19(22(24)25)13-18(21(16)20)11-15-6-7-15/h12-13,15,17,20,26H,2-11,14H2,1H3,(H,24,25). The summed E-state index contributed by atoms with van der Waals surface area (Å²) in [6, 6.07) is 3.91. The van der Waals surface area contributed by atoms with Gasteiger partial charge in [0.25, 0.3) is 0 Å². The SMILES string of the molecule is CCCC1(O)CCC2c3c(cc(C(=O)O)cc3CC3CC3)CCCC2C1. The minimum Gasteiger partial charge on any atom is -0.478 e. The average Bonchev–Trinajstić information content (AvgIpc) is 3.40. The lowest BCUT2D eigenvalue weighted by molar-refractivity contribution is -0.0316. The first-order valence-corrected chi connectivity index (χ1v) is 10.6. The molecule has 3 aliphatic rings. The molecule has 4 rings (SSSR count). The van der Waals surface area contributed by atoms with E-state index in [1.807, 2.05) is 12.1 Å². The first-order valence-electron chi connectivity index (χ1n) is 10.6. The molecule has 2 fully saturated rings. The van der Waals surface area contributed by atoms with Crippen molar-refractivity contribution in [1.29, 1.82) is 0 Å². The zero-order valence-corrected chi connectivity index (χ0v) is 16.0. The summed E-state index contributed by atoms with van der Waals surface area (Å²) >= 11 is 0. The largest absolute Gasteiger partial charge is 0.478 e. The third-order valence-corrected chi connectivity index (χ3v) is 7.04. The zero-order chi connectivity index (χ0) is 18.3. The number of aryl methyl sites for hydroxylation is 1. The molecule has 0 aromatic heterocycles. The topological polar surface area (TPSA) is 57.5 Å². The number of carboxylic acids is 1. The minimum atomic E-state index is -0.799. The Hall–Kier alpha value is -1.35. The van der Waals surface area contributed by atoms with Crippen LogP contribution >= 0.6 is 0 Å². The molecule has 2 N–H and O–H groups in total. The summed E-state index contributed by atoms with van der Waals surface area (Å²) in [5.41, 5.74) is 4.06. The quantitative estimate of drug-likeness (QED) is 0.773. The molecule has 26 heavy (non-hydrogen) atoms. The first-order chi connectivity index (χ1) is 12.5. The summed E-state index contributed by atoms with van der Waals surface area (Å²) in [5, 5.41) is 20.6. The van der Waals surface area contributed by atoms with E-state index in [9.17, 15) is 15.0 Å². The molecule has 0 spiro atoms. The van der Waals surface area contributed by atoms with Crippen LogP contribution in [-0.2, 0) is 12.8 Å². The fourth-order valence-electron chi connectivity index (χ4n) is 5.71.